The highest BCUT2D eigenvalue weighted by Gasteiger charge is 2.42. The summed E-state index contributed by atoms with van der Waals surface area (Å²) in [5.74, 6) is -0.149. The predicted octanol–water partition coefficient (Wildman–Crippen LogP) is 0.147. The van der Waals surface area contributed by atoms with Gasteiger partial charge in [-0.2, -0.15) is 0 Å². The summed E-state index contributed by atoms with van der Waals surface area (Å²) in [6.07, 6.45) is 3.29. The van der Waals surface area contributed by atoms with Crippen LogP contribution in [-0.2, 0) is 9.53 Å². The Morgan fingerprint density at radius 3 is 2.93 bits per heavy atom. The van der Waals surface area contributed by atoms with E-state index in [0.29, 0.717) is 0 Å². The van der Waals surface area contributed by atoms with Gasteiger partial charge < -0.3 is 9.84 Å². The zero-order valence-corrected chi connectivity index (χ0v) is 8.48. The Labute approximate surface area is 83.8 Å². The van der Waals surface area contributed by atoms with Crippen molar-refractivity contribution < 1.29 is 14.6 Å². The Morgan fingerprint density at radius 2 is 2.21 bits per heavy atom. The van der Waals surface area contributed by atoms with Crippen LogP contribution in [0.2, 0.25) is 0 Å². The summed E-state index contributed by atoms with van der Waals surface area (Å²) in [5.41, 5.74) is 0. The van der Waals surface area contributed by atoms with Gasteiger partial charge in [-0.3, -0.25) is 9.69 Å². The fraction of sp³-hybridized carbons (Fsp3) is 0.900. The summed E-state index contributed by atoms with van der Waals surface area (Å²) in [7, 11) is 1.43. The molecule has 0 bridgehead atoms. The Kier molecular flexibility index (Phi) is 2.74. The molecule has 0 aromatic carbocycles. The van der Waals surface area contributed by atoms with E-state index in [2.05, 4.69) is 4.90 Å². The number of rotatable bonds is 1. The minimum atomic E-state index is -0.251. The molecule has 0 aromatic heterocycles. The highest BCUT2D eigenvalue weighted by molar-refractivity contribution is 5.75. The zero-order valence-electron chi connectivity index (χ0n) is 8.48. The van der Waals surface area contributed by atoms with Crippen LogP contribution in [0.15, 0.2) is 0 Å². The SMILES string of the molecule is COC(=O)[C@@H]1CC[C@H](O)[C@@H]2CCCN12. The number of methoxy groups -OCH3 is 1. The molecule has 0 aromatic rings. The van der Waals surface area contributed by atoms with Gasteiger partial charge in [0, 0.05) is 6.04 Å². The van der Waals surface area contributed by atoms with Gasteiger partial charge in [-0.15, -0.1) is 0 Å². The normalized spacial score (nSPS) is 38.0. The molecule has 2 saturated heterocycles. The van der Waals surface area contributed by atoms with E-state index in [9.17, 15) is 9.90 Å². The number of carbonyl (C=O) groups excluding carboxylic acids is 1. The molecule has 0 radical (unpaired) electrons. The molecule has 1 N–H and O–H groups in total. The minimum Gasteiger partial charge on any atom is -0.468 e. The first-order valence-corrected chi connectivity index (χ1v) is 5.25. The maximum atomic E-state index is 11.5. The van der Waals surface area contributed by atoms with Gasteiger partial charge in [-0.25, -0.2) is 0 Å². The summed E-state index contributed by atoms with van der Waals surface area (Å²) in [6, 6.07) is 0.0729. The lowest BCUT2D eigenvalue weighted by Gasteiger charge is -2.38. The Hall–Kier alpha value is -0.610. The van der Waals surface area contributed by atoms with E-state index in [-0.39, 0.29) is 24.2 Å². The predicted molar refractivity (Wildman–Crippen MR) is 50.8 cm³/mol. The van der Waals surface area contributed by atoms with Gasteiger partial charge in [0.25, 0.3) is 0 Å². The van der Waals surface area contributed by atoms with Crippen molar-refractivity contribution >= 4 is 5.97 Å². The second-order valence-corrected chi connectivity index (χ2v) is 4.13. The molecular weight excluding hydrogens is 182 g/mol. The smallest absolute Gasteiger partial charge is 0.323 e. The number of piperidine rings is 1. The molecule has 2 aliphatic rings. The number of carbonyl (C=O) groups is 1. The molecule has 2 rings (SSSR count). The first-order chi connectivity index (χ1) is 6.74. The fourth-order valence-electron chi connectivity index (χ4n) is 2.69. The summed E-state index contributed by atoms with van der Waals surface area (Å²) >= 11 is 0. The van der Waals surface area contributed by atoms with Crippen molar-refractivity contribution in [3.63, 3.8) is 0 Å². The third-order valence-electron chi connectivity index (χ3n) is 3.40. The van der Waals surface area contributed by atoms with Crippen molar-refractivity contribution in [2.24, 2.45) is 0 Å². The van der Waals surface area contributed by atoms with E-state index in [0.717, 1.165) is 32.2 Å². The van der Waals surface area contributed by atoms with Gasteiger partial charge in [-0.05, 0) is 32.2 Å². The second-order valence-electron chi connectivity index (χ2n) is 4.13. The van der Waals surface area contributed by atoms with E-state index in [1.165, 1.54) is 7.11 Å². The van der Waals surface area contributed by atoms with Gasteiger partial charge in [0.15, 0.2) is 0 Å². The topological polar surface area (TPSA) is 49.8 Å². The van der Waals surface area contributed by atoms with E-state index in [4.69, 9.17) is 4.74 Å². The van der Waals surface area contributed by atoms with Crippen molar-refractivity contribution in [1.29, 1.82) is 0 Å². The number of esters is 1. The van der Waals surface area contributed by atoms with Gasteiger partial charge in [0.1, 0.15) is 6.04 Å². The molecule has 4 heteroatoms. The lowest BCUT2D eigenvalue weighted by atomic mass is 9.94. The van der Waals surface area contributed by atoms with Gasteiger partial charge in [-0.1, -0.05) is 0 Å². The first kappa shape index (κ1) is 9.93. The molecule has 0 aliphatic carbocycles. The monoisotopic (exact) mass is 199 g/mol. The summed E-state index contributed by atoms with van der Waals surface area (Å²) < 4.78 is 4.77. The molecule has 0 saturated carbocycles. The van der Waals surface area contributed by atoms with Gasteiger partial charge in [0.05, 0.1) is 13.2 Å². The lowest BCUT2D eigenvalue weighted by molar-refractivity contribution is -0.151. The van der Waals surface area contributed by atoms with Crippen LogP contribution in [0.1, 0.15) is 25.7 Å². The van der Waals surface area contributed by atoms with Crippen LogP contribution in [0, 0.1) is 0 Å². The molecule has 0 amide bonds. The summed E-state index contributed by atoms with van der Waals surface area (Å²) in [4.78, 5) is 13.6. The lowest BCUT2D eigenvalue weighted by Crippen LogP contribution is -2.53. The van der Waals surface area contributed by atoms with Crippen molar-refractivity contribution in [2.45, 2.75) is 43.9 Å². The van der Waals surface area contributed by atoms with E-state index in [1.54, 1.807) is 0 Å². The molecule has 2 aliphatic heterocycles. The highest BCUT2D eigenvalue weighted by atomic mass is 16.5. The zero-order chi connectivity index (χ0) is 10.1. The van der Waals surface area contributed by atoms with Crippen LogP contribution in [-0.4, -0.2) is 47.8 Å². The number of aliphatic hydroxyl groups is 1. The van der Waals surface area contributed by atoms with Crippen molar-refractivity contribution in [1.82, 2.24) is 4.90 Å². The van der Waals surface area contributed by atoms with E-state index >= 15 is 0 Å². The van der Waals surface area contributed by atoms with E-state index in [1.807, 2.05) is 0 Å². The maximum Gasteiger partial charge on any atom is 0.323 e. The number of fused-ring (bicyclic) bond motifs is 1. The number of aliphatic hydroxyl groups excluding tert-OH is 1. The number of ether oxygens (including phenoxy) is 1. The highest BCUT2D eigenvalue weighted by Crippen LogP contribution is 2.31. The quantitative estimate of drug-likeness (QED) is 0.611. The largest absolute Gasteiger partial charge is 0.468 e. The molecule has 80 valence electrons. The molecule has 0 unspecified atom stereocenters. The second kappa shape index (κ2) is 3.87. The Morgan fingerprint density at radius 1 is 1.43 bits per heavy atom. The molecule has 0 spiro atoms. The summed E-state index contributed by atoms with van der Waals surface area (Å²) in [6.45, 7) is 0.918. The molecular formula is C10H17NO3. The maximum absolute atomic E-state index is 11.5. The third kappa shape index (κ3) is 1.53. The van der Waals surface area contributed by atoms with Crippen LogP contribution in [0.25, 0.3) is 0 Å². The fourth-order valence-corrected chi connectivity index (χ4v) is 2.69. The number of nitrogens with zero attached hydrogens (tertiary/aromatic N) is 1. The van der Waals surface area contributed by atoms with Gasteiger partial charge >= 0.3 is 5.97 Å². The molecule has 4 nitrogen and oxygen atoms in total. The van der Waals surface area contributed by atoms with Crippen LogP contribution in [0.4, 0.5) is 0 Å². The Balaban J connectivity index is 2.09. The van der Waals surface area contributed by atoms with E-state index < -0.39 is 0 Å². The molecule has 14 heavy (non-hydrogen) atoms. The van der Waals surface area contributed by atoms with Crippen LogP contribution < -0.4 is 0 Å². The summed E-state index contributed by atoms with van der Waals surface area (Å²) in [5, 5.41) is 9.76. The van der Waals surface area contributed by atoms with Crippen LogP contribution in [0.5, 0.6) is 0 Å². The molecule has 2 heterocycles. The Bertz CT molecular complexity index is 231. The minimum absolute atomic E-state index is 0.115. The first-order valence-electron chi connectivity index (χ1n) is 5.25. The van der Waals surface area contributed by atoms with Crippen LogP contribution >= 0.6 is 0 Å². The average molecular weight is 199 g/mol. The number of hydrogen-bond donors (Lipinski definition) is 1. The molecule has 2 fully saturated rings. The van der Waals surface area contributed by atoms with Gasteiger partial charge in [0.2, 0.25) is 0 Å². The third-order valence-corrected chi connectivity index (χ3v) is 3.40. The van der Waals surface area contributed by atoms with Crippen LogP contribution in [0.3, 0.4) is 0 Å². The average Bonchev–Trinajstić information content (AvgIpc) is 2.67. The van der Waals surface area contributed by atoms with Crippen molar-refractivity contribution in [3.05, 3.63) is 0 Å². The molecule has 3 atom stereocenters. The number of hydrogen-bond acceptors (Lipinski definition) is 4. The van der Waals surface area contributed by atoms with Crippen molar-refractivity contribution in [2.75, 3.05) is 13.7 Å². The van der Waals surface area contributed by atoms with Crippen molar-refractivity contribution in [3.8, 4) is 0 Å². The standard InChI is InChI=1S/C10H17NO3/c1-14-10(13)8-4-5-9(12)7-3-2-6-11(7)8/h7-9,12H,2-6H2,1H3/t7-,8-,9-/m0/s1.